The van der Waals surface area contributed by atoms with Gasteiger partial charge in [0.05, 0.1) is 17.8 Å². The summed E-state index contributed by atoms with van der Waals surface area (Å²) in [7, 11) is 0. The summed E-state index contributed by atoms with van der Waals surface area (Å²) in [5, 5.41) is 8.75. The van der Waals surface area contributed by atoms with E-state index in [1.807, 2.05) is 31.4 Å². The summed E-state index contributed by atoms with van der Waals surface area (Å²) in [5.41, 5.74) is 1.99. The second-order valence-corrected chi connectivity index (χ2v) is 6.56. The molecule has 0 fully saturated rings. The van der Waals surface area contributed by atoms with Crippen molar-refractivity contribution in [3.05, 3.63) is 46.2 Å². The Morgan fingerprint density at radius 2 is 1.95 bits per heavy atom. The Balaban J connectivity index is 2.05. The summed E-state index contributed by atoms with van der Waals surface area (Å²) in [4.78, 5) is 20.9. The molecule has 0 spiro atoms. The lowest BCUT2D eigenvalue weighted by Gasteiger charge is -2.24. The van der Waals surface area contributed by atoms with Crippen molar-refractivity contribution >= 4 is 17.4 Å². The summed E-state index contributed by atoms with van der Waals surface area (Å²) in [5.74, 6) is 0.245. The second-order valence-electron chi connectivity index (χ2n) is 5.64. The number of pyridine rings is 1. The molecule has 0 aliphatic carbocycles. The molecular formula is C16H22N4OS. The van der Waals surface area contributed by atoms with Gasteiger partial charge in [-0.05, 0) is 31.4 Å². The molecule has 2 amide bonds. The molecule has 2 rings (SSSR count). The van der Waals surface area contributed by atoms with Crippen LogP contribution in [0.15, 0.2) is 29.9 Å². The van der Waals surface area contributed by atoms with Gasteiger partial charge in [0.25, 0.3) is 0 Å². The average Bonchev–Trinajstić information content (AvgIpc) is 2.99. The zero-order valence-electron chi connectivity index (χ0n) is 13.3. The maximum atomic E-state index is 12.3. The number of nitrogens with zero attached hydrogens (tertiary/aromatic N) is 2. The molecule has 0 aliphatic heterocycles. The molecule has 0 aromatic carbocycles. The van der Waals surface area contributed by atoms with Gasteiger partial charge >= 0.3 is 6.03 Å². The molecule has 2 heterocycles. The van der Waals surface area contributed by atoms with Crippen LogP contribution >= 0.6 is 11.3 Å². The van der Waals surface area contributed by atoms with Crippen molar-refractivity contribution in [2.45, 2.75) is 39.8 Å². The van der Waals surface area contributed by atoms with Gasteiger partial charge in [0.2, 0.25) is 0 Å². The molecule has 6 heteroatoms. The molecule has 0 saturated carbocycles. The zero-order chi connectivity index (χ0) is 16.1. The van der Waals surface area contributed by atoms with Crippen molar-refractivity contribution in [1.29, 1.82) is 0 Å². The predicted octanol–water partition coefficient (Wildman–Crippen LogP) is 3.60. The maximum Gasteiger partial charge on any atom is 0.315 e. The van der Waals surface area contributed by atoms with Crippen molar-refractivity contribution in [2.75, 3.05) is 0 Å². The highest BCUT2D eigenvalue weighted by Crippen LogP contribution is 2.22. The van der Waals surface area contributed by atoms with Gasteiger partial charge in [0.1, 0.15) is 5.01 Å². The van der Waals surface area contributed by atoms with E-state index in [2.05, 4.69) is 34.4 Å². The molecule has 2 atom stereocenters. The highest BCUT2D eigenvalue weighted by molar-refractivity contribution is 7.09. The van der Waals surface area contributed by atoms with Crippen LogP contribution in [0, 0.1) is 12.8 Å². The van der Waals surface area contributed by atoms with E-state index in [-0.39, 0.29) is 24.0 Å². The topological polar surface area (TPSA) is 66.9 Å². The number of thiazole rings is 1. The molecule has 0 radical (unpaired) electrons. The molecule has 2 N–H and O–H groups in total. The smallest absolute Gasteiger partial charge is 0.315 e. The van der Waals surface area contributed by atoms with Crippen LogP contribution in [-0.4, -0.2) is 16.0 Å². The Labute approximate surface area is 135 Å². The van der Waals surface area contributed by atoms with Gasteiger partial charge in [-0.3, -0.25) is 4.98 Å². The number of nitrogens with one attached hydrogen (secondary N) is 2. The standard InChI is InChI=1S/C16H22N4OS/c1-10(2)13(14-11(3)6-5-7-17-14)20-16(21)19-12(4)15-18-8-9-22-15/h5-10,12-13H,1-4H3,(H2,19,20,21)/t12-,13+/m0/s1. The Kier molecular flexibility index (Phi) is 5.49. The van der Waals surface area contributed by atoms with Gasteiger partial charge in [0.15, 0.2) is 0 Å². The van der Waals surface area contributed by atoms with Crippen molar-refractivity contribution in [3.63, 3.8) is 0 Å². The van der Waals surface area contributed by atoms with E-state index < -0.39 is 0 Å². The molecule has 0 aliphatic rings. The number of carbonyl (C=O) groups is 1. The molecule has 0 bridgehead atoms. The van der Waals surface area contributed by atoms with E-state index in [0.29, 0.717) is 0 Å². The van der Waals surface area contributed by atoms with Crippen LogP contribution in [0.5, 0.6) is 0 Å². The predicted molar refractivity (Wildman–Crippen MR) is 88.7 cm³/mol. The van der Waals surface area contributed by atoms with E-state index in [1.165, 1.54) is 11.3 Å². The summed E-state index contributed by atoms with van der Waals surface area (Å²) < 4.78 is 0. The summed E-state index contributed by atoms with van der Waals surface area (Å²) in [6.45, 7) is 8.08. The highest BCUT2D eigenvalue weighted by atomic mass is 32.1. The normalized spacial score (nSPS) is 13.7. The molecular weight excluding hydrogens is 296 g/mol. The van der Waals surface area contributed by atoms with E-state index >= 15 is 0 Å². The monoisotopic (exact) mass is 318 g/mol. The van der Waals surface area contributed by atoms with Crippen LogP contribution in [0.25, 0.3) is 0 Å². The average molecular weight is 318 g/mol. The number of carbonyl (C=O) groups excluding carboxylic acids is 1. The van der Waals surface area contributed by atoms with E-state index in [0.717, 1.165) is 16.3 Å². The first-order chi connectivity index (χ1) is 10.5. The number of hydrogen-bond acceptors (Lipinski definition) is 4. The lowest BCUT2D eigenvalue weighted by molar-refractivity contribution is 0.229. The van der Waals surface area contributed by atoms with Crippen LogP contribution in [-0.2, 0) is 0 Å². The maximum absolute atomic E-state index is 12.3. The van der Waals surface area contributed by atoms with Gasteiger partial charge in [-0.2, -0.15) is 0 Å². The first kappa shape index (κ1) is 16.4. The quantitative estimate of drug-likeness (QED) is 0.885. The molecule has 2 aromatic heterocycles. The number of aryl methyl sites for hydroxylation is 1. The third-order valence-electron chi connectivity index (χ3n) is 3.47. The zero-order valence-corrected chi connectivity index (χ0v) is 14.1. The number of amides is 2. The number of urea groups is 1. The fourth-order valence-electron chi connectivity index (χ4n) is 2.26. The summed E-state index contributed by atoms with van der Waals surface area (Å²) in [6, 6.07) is 3.48. The molecule has 5 nitrogen and oxygen atoms in total. The lowest BCUT2D eigenvalue weighted by atomic mass is 9.97. The van der Waals surface area contributed by atoms with Crippen molar-refractivity contribution < 1.29 is 4.79 Å². The number of hydrogen-bond donors (Lipinski definition) is 2. The van der Waals surface area contributed by atoms with Crippen molar-refractivity contribution in [3.8, 4) is 0 Å². The summed E-state index contributed by atoms with van der Waals surface area (Å²) >= 11 is 1.53. The third kappa shape index (κ3) is 4.04. The Morgan fingerprint density at radius 1 is 1.18 bits per heavy atom. The van der Waals surface area contributed by atoms with Crippen molar-refractivity contribution in [1.82, 2.24) is 20.6 Å². The SMILES string of the molecule is Cc1cccnc1[C@H](NC(=O)N[C@@H](C)c1nccs1)C(C)C. The van der Waals surface area contributed by atoms with Gasteiger partial charge in [-0.1, -0.05) is 19.9 Å². The number of rotatable bonds is 5. The van der Waals surface area contributed by atoms with Crippen LogP contribution in [0.3, 0.4) is 0 Å². The first-order valence-electron chi connectivity index (χ1n) is 7.37. The van der Waals surface area contributed by atoms with E-state index in [1.54, 1.807) is 12.4 Å². The number of aromatic nitrogens is 2. The largest absolute Gasteiger partial charge is 0.330 e. The molecule has 22 heavy (non-hydrogen) atoms. The van der Waals surface area contributed by atoms with Gasteiger partial charge < -0.3 is 10.6 Å². The van der Waals surface area contributed by atoms with Crippen LogP contribution in [0.1, 0.15) is 49.1 Å². The van der Waals surface area contributed by atoms with Crippen molar-refractivity contribution in [2.24, 2.45) is 5.92 Å². The highest BCUT2D eigenvalue weighted by Gasteiger charge is 2.22. The minimum Gasteiger partial charge on any atom is -0.330 e. The van der Waals surface area contributed by atoms with Crippen LogP contribution in [0.2, 0.25) is 0 Å². The fraction of sp³-hybridized carbons (Fsp3) is 0.438. The minimum atomic E-state index is -0.202. The van der Waals surface area contributed by atoms with E-state index in [4.69, 9.17) is 0 Å². The Hall–Kier alpha value is -1.95. The van der Waals surface area contributed by atoms with E-state index in [9.17, 15) is 4.79 Å². The van der Waals surface area contributed by atoms with Gasteiger partial charge in [0, 0.05) is 17.8 Å². The van der Waals surface area contributed by atoms with Gasteiger partial charge in [-0.25, -0.2) is 9.78 Å². The fourth-order valence-corrected chi connectivity index (χ4v) is 2.91. The molecule has 0 saturated heterocycles. The Morgan fingerprint density at radius 3 is 2.55 bits per heavy atom. The summed E-state index contributed by atoms with van der Waals surface area (Å²) in [6.07, 6.45) is 3.50. The minimum absolute atomic E-state index is 0.113. The lowest BCUT2D eigenvalue weighted by Crippen LogP contribution is -2.41. The second kappa shape index (κ2) is 7.35. The van der Waals surface area contributed by atoms with Gasteiger partial charge in [-0.15, -0.1) is 11.3 Å². The molecule has 118 valence electrons. The first-order valence-corrected chi connectivity index (χ1v) is 8.25. The Bertz CT molecular complexity index is 612. The van der Waals surface area contributed by atoms with Crippen LogP contribution in [0.4, 0.5) is 4.79 Å². The molecule has 2 aromatic rings. The van der Waals surface area contributed by atoms with Crippen LogP contribution < -0.4 is 10.6 Å². The molecule has 0 unspecified atom stereocenters. The third-order valence-corrected chi connectivity index (χ3v) is 4.43.